The first-order valence-electron chi connectivity index (χ1n) is 16.4. The maximum Gasteiger partial charge on any atom is 0.167 e. The van der Waals surface area contributed by atoms with Crippen molar-refractivity contribution in [3.05, 3.63) is 164 Å². The highest BCUT2D eigenvalue weighted by molar-refractivity contribution is 6.26. The van der Waals surface area contributed by atoms with Gasteiger partial charge in [-0.25, -0.2) is 15.0 Å². The average molecular weight is 626 g/mol. The van der Waals surface area contributed by atoms with Gasteiger partial charge in [-0.2, -0.15) is 0 Å². The minimum Gasteiger partial charge on any atom is -0.455 e. The molecule has 0 unspecified atom stereocenters. The van der Waals surface area contributed by atoms with Gasteiger partial charge in [0.25, 0.3) is 0 Å². The van der Waals surface area contributed by atoms with Gasteiger partial charge in [-0.15, -0.1) is 0 Å². The molecule has 0 N–H and O–H groups in total. The van der Waals surface area contributed by atoms with Crippen LogP contribution in [0.3, 0.4) is 0 Å². The Morgan fingerprint density at radius 2 is 0.837 bits per heavy atom. The molecular formula is C45H27N3O. The second kappa shape index (κ2) is 11.0. The standard InChI is InChI=1S/C45H27N3O/c1-3-10-28(11-4-1)29-18-20-30(21-19-29)35-15-7-8-16-36(35)44-46-43(34-12-5-2-6-13-34)47-45(48-44)37-27-26-33-25-24-32-23-22-31-14-9-17-38-39(31)40(32)41(33)42(37)49-38/h1-27H. The van der Waals surface area contributed by atoms with Gasteiger partial charge in [0.15, 0.2) is 17.5 Å². The Morgan fingerprint density at radius 1 is 0.306 bits per heavy atom. The number of aromatic nitrogens is 3. The van der Waals surface area contributed by atoms with Gasteiger partial charge in [0, 0.05) is 27.3 Å². The molecular weight excluding hydrogens is 599 g/mol. The molecule has 0 bridgehead atoms. The average Bonchev–Trinajstić information content (AvgIpc) is 3.18. The Morgan fingerprint density at radius 3 is 1.57 bits per heavy atom. The van der Waals surface area contributed by atoms with Crippen molar-refractivity contribution >= 4 is 32.3 Å². The van der Waals surface area contributed by atoms with Gasteiger partial charge in [0.05, 0.1) is 5.56 Å². The summed E-state index contributed by atoms with van der Waals surface area (Å²) in [6.45, 7) is 0. The van der Waals surface area contributed by atoms with Crippen molar-refractivity contribution in [3.8, 4) is 67.9 Å². The highest BCUT2D eigenvalue weighted by Crippen LogP contribution is 2.50. The van der Waals surface area contributed by atoms with Crippen LogP contribution in [0, 0.1) is 0 Å². The van der Waals surface area contributed by atoms with E-state index < -0.39 is 0 Å². The zero-order valence-corrected chi connectivity index (χ0v) is 26.3. The number of hydrogen-bond acceptors (Lipinski definition) is 4. The molecule has 0 atom stereocenters. The summed E-state index contributed by atoms with van der Waals surface area (Å²) in [4.78, 5) is 15.4. The molecule has 1 aromatic heterocycles. The summed E-state index contributed by atoms with van der Waals surface area (Å²) >= 11 is 0. The molecule has 0 radical (unpaired) electrons. The van der Waals surface area contributed by atoms with Crippen molar-refractivity contribution in [1.29, 1.82) is 0 Å². The van der Waals surface area contributed by atoms with Crippen molar-refractivity contribution in [3.63, 3.8) is 0 Å². The first kappa shape index (κ1) is 27.5. The van der Waals surface area contributed by atoms with Gasteiger partial charge in [-0.3, -0.25) is 0 Å². The molecule has 0 amide bonds. The van der Waals surface area contributed by atoms with Crippen LogP contribution in [0.25, 0.3) is 88.7 Å². The molecule has 10 rings (SSSR count). The second-order valence-corrected chi connectivity index (χ2v) is 12.4. The predicted molar refractivity (Wildman–Crippen MR) is 200 cm³/mol. The normalized spacial score (nSPS) is 11.8. The Labute approximate surface area is 283 Å². The van der Waals surface area contributed by atoms with Crippen LogP contribution < -0.4 is 4.74 Å². The molecule has 0 saturated heterocycles. The third-order valence-electron chi connectivity index (χ3n) is 9.51. The monoisotopic (exact) mass is 625 g/mol. The molecule has 4 heteroatoms. The molecule has 228 valence electrons. The van der Waals surface area contributed by atoms with E-state index in [2.05, 4.69) is 115 Å². The van der Waals surface area contributed by atoms with E-state index in [0.717, 1.165) is 60.9 Å². The largest absolute Gasteiger partial charge is 0.455 e. The summed E-state index contributed by atoms with van der Waals surface area (Å²) in [6, 6.07) is 56.8. The Balaban J connectivity index is 1.19. The summed E-state index contributed by atoms with van der Waals surface area (Å²) in [5.41, 5.74) is 7.19. The summed E-state index contributed by atoms with van der Waals surface area (Å²) in [6.07, 6.45) is 0. The van der Waals surface area contributed by atoms with Gasteiger partial charge in [0.2, 0.25) is 0 Å². The molecule has 0 fully saturated rings. The van der Waals surface area contributed by atoms with Crippen molar-refractivity contribution in [2.75, 3.05) is 0 Å². The number of ether oxygens (including phenoxy) is 1. The van der Waals surface area contributed by atoms with E-state index in [1.165, 1.54) is 21.9 Å². The lowest BCUT2D eigenvalue weighted by molar-refractivity contribution is 0.494. The third-order valence-corrected chi connectivity index (χ3v) is 9.51. The summed E-state index contributed by atoms with van der Waals surface area (Å²) in [7, 11) is 0. The minimum absolute atomic E-state index is 0.568. The van der Waals surface area contributed by atoms with E-state index in [0.29, 0.717) is 17.5 Å². The zero-order valence-electron chi connectivity index (χ0n) is 26.3. The van der Waals surface area contributed by atoms with Gasteiger partial charge in [-0.05, 0) is 50.5 Å². The van der Waals surface area contributed by atoms with Crippen molar-refractivity contribution < 1.29 is 4.74 Å². The van der Waals surface area contributed by atoms with E-state index in [4.69, 9.17) is 19.7 Å². The lowest BCUT2D eigenvalue weighted by atomic mass is 9.92. The summed E-state index contributed by atoms with van der Waals surface area (Å²) in [5, 5.41) is 6.90. The van der Waals surface area contributed by atoms with E-state index in [9.17, 15) is 0 Å². The van der Waals surface area contributed by atoms with Crippen molar-refractivity contribution in [1.82, 2.24) is 15.0 Å². The fourth-order valence-corrected chi connectivity index (χ4v) is 7.16. The van der Waals surface area contributed by atoms with Gasteiger partial charge in [-0.1, -0.05) is 152 Å². The SMILES string of the molecule is c1ccc(-c2ccc(-c3ccccc3-c3nc(-c4ccccc4)nc(-c4ccc5ccc6ccc7cccc8c7c6c5c4O8)n3)cc2)cc1. The van der Waals surface area contributed by atoms with Crippen molar-refractivity contribution in [2.45, 2.75) is 0 Å². The van der Waals surface area contributed by atoms with Gasteiger partial charge >= 0.3 is 0 Å². The van der Waals surface area contributed by atoms with Crippen LogP contribution in [0.2, 0.25) is 0 Å². The van der Waals surface area contributed by atoms with Crippen LogP contribution >= 0.6 is 0 Å². The van der Waals surface area contributed by atoms with Crippen LogP contribution in [0.4, 0.5) is 0 Å². The molecule has 49 heavy (non-hydrogen) atoms. The molecule has 8 aromatic carbocycles. The smallest absolute Gasteiger partial charge is 0.167 e. The molecule has 0 spiro atoms. The summed E-state index contributed by atoms with van der Waals surface area (Å²) < 4.78 is 6.80. The molecule has 0 saturated carbocycles. The van der Waals surface area contributed by atoms with E-state index in [1.54, 1.807) is 0 Å². The predicted octanol–water partition coefficient (Wildman–Crippen LogP) is 11.8. The van der Waals surface area contributed by atoms with Crippen LogP contribution in [-0.4, -0.2) is 15.0 Å². The molecule has 4 nitrogen and oxygen atoms in total. The Kier molecular flexibility index (Phi) is 6.15. The number of nitrogens with zero attached hydrogens (tertiary/aromatic N) is 3. The fraction of sp³-hybridized carbons (Fsp3) is 0. The number of rotatable bonds is 5. The fourth-order valence-electron chi connectivity index (χ4n) is 7.16. The number of benzene rings is 8. The lowest BCUT2D eigenvalue weighted by Gasteiger charge is -2.22. The molecule has 2 heterocycles. The summed E-state index contributed by atoms with van der Waals surface area (Å²) in [5.74, 6) is 3.40. The molecule has 1 aliphatic heterocycles. The highest BCUT2D eigenvalue weighted by atomic mass is 16.5. The molecule has 1 aliphatic rings. The highest BCUT2D eigenvalue weighted by Gasteiger charge is 2.25. The zero-order chi connectivity index (χ0) is 32.3. The van der Waals surface area contributed by atoms with Crippen LogP contribution in [-0.2, 0) is 0 Å². The van der Waals surface area contributed by atoms with Crippen molar-refractivity contribution in [2.24, 2.45) is 0 Å². The quantitative estimate of drug-likeness (QED) is 0.179. The van der Waals surface area contributed by atoms with Crippen LogP contribution in [0.15, 0.2) is 164 Å². The van der Waals surface area contributed by atoms with Crippen LogP contribution in [0.1, 0.15) is 0 Å². The minimum atomic E-state index is 0.568. The molecule has 9 aromatic rings. The lowest BCUT2D eigenvalue weighted by Crippen LogP contribution is -2.03. The third kappa shape index (κ3) is 4.49. The first-order valence-corrected chi connectivity index (χ1v) is 16.4. The molecule has 0 aliphatic carbocycles. The first-order chi connectivity index (χ1) is 24.3. The van der Waals surface area contributed by atoms with E-state index >= 15 is 0 Å². The van der Waals surface area contributed by atoms with Gasteiger partial charge < -0.3 is 4.74 Å². The van der Waals surface area contributed by atoms with Gasteiger partial charge in [0.1, 0.15) is 11.5 Å². The topological polar surface area (TPSA) is 47.9 Å². The Hall–Kier alpha value is -6.65. The Bertz CT molecular complexity index is 2720. The van der Waals surface area contributed by atoms with Crippen LogP contribution in [0.5, 0.6) is 11.5 Å². The van der Waals surface area contributed by atoms with E-state index in [-0.39, 0.29) is 0 Å². The number of hydrogen-bond donors (Lipinski definition) is 0. The van der Waals surface area contributed by atoms with E-state index in [1.807, 2.05) is 48.5 Å². The second-order valence-electron chi connectivity index (χ2n) is 12.4. The maximum absolute atomic E-state index is 6.80. The maximum atomic E-state index is 6.80.